The molecule has 1 atom stereocenters. The molecule has 0 spiro atoms. The van der Waals surface area contributed by atoms with Crippen LogP contribution in [0.2, 0.25) is 0 Å². The molecule has 1 aromatic rings. The minimum Gasteiger partial charge on any atom is -0.493 e. The maximum atomic E-state index is 12.3. The molecule has 1 unspecified atom stereocenters. The Bertz CT molecular complexity index is 516. The highest BCUT2D eigenvalue weighted by Crippen LogP contribution is 2.30. The van der Waals surface area contributed by atoms with Gasteiger partial charge in [0.1, 0.15) is 0 Å². The van der Waals surface area contributed by atoms with Crippen LogP contribution in [0.4, 0.5) is 8.78 Å². The SMILES string of the molecule is COC(=O)C(C)CC(=O)c1ccc(OC)c(OC(F)F)c1. The van der Waals surface area contributed by atoms with E-state index in [1.807, 2.05) is 0 Å². The molecule has 0 N–H and O–H groups in total. The summed E-state index contributed by atoms with van der Waals surface area (Å²) in [4.78, 5) is 23.3. The molecule has 0 radical (unpaired) electrons. The number of esters is 1. The normalized spacial score (nSPS) is 11.9. The second-order valence-corrected chi connectivity index (χ2v) is 4.30. The lowest BCUT2D eigenvalue weighted by molar-refractivity contribution is -0.144. The molecule has 0 fully saturated rings. The van der Waals surface area contributed by atoms with Gasteiger partial charge in [0.15, 0.2) is 17.3 Å². The van der Waals surface area contributed by atoms with Crippen molar-refractivity contribution in [3.8, 4) is 11.5 Å². The quantitative estimate of drug-likeness (QED) is 0.572. The van der Waals surface area contributed by atoms with Crippen molar-refractivity contribution in [3.63, 3.8) is 0 Å². The van der Waals surface area contributed by atoms with Gasteiger partial charge in [0, 0.05) is 12.0 Å². The number of ketones is 1. The lowest BCUT2D eigenvalue weighted by Gasteiger charge is -2.12. The van der Waals surface area contributed by atoms with Gasteiger partial charge in [-0.25, -0.2) is 0 Å². The lowest BCUT2D eigenvalue weighted by Crippen LogP contribution is -2.17. The van der Waals surface area contributed by atoms with Crippen LogP contribution in [-0.2, 0) is 9.53 Å². The molecule has 1 aromatic carbocycles. The number of methoxy groups -OCH3 is 2. The van der Waals surface area contributed by atoms with Crippen LogP contribution in [0.5, 0.6) is 11.5 Å². The molecule has 7 heteroatoms. The van der Waals surface area contributed by atoms with Crippen molar-refractivity contribution >= 4 is 11.8 Å². The molecule has 0 aliphatic carbocycles. The zero-order valence-electron chi connectivity index (χ0n) is 11.9. The number of alkyl halides is 2. The van der Waals surface area contributed by atoms with Crippen LogP contribution >= 0.6 is 0 Å². The highest BCUT2D eigenvalue weighted by atomic mass is 19.3. The second-order valence-electron chi connectivity index (χ2n) is 4.30. The molecule has 0 heterocycles. The van der Waals surface area contributed by atoms with Gasteiger partial charge >= 0.3 is 12.6 Å². The first-order valence-corrected chi connectivity index (χ1v) is 6.13. The van der Waals surface area contributed by atoms with E-state index in [4.69, 9.17) is 4.74 Å². The number of Topliss-reactive ketones (excluding diaryl/α,β-unsaturated/α-hetero) is 1. The van der Waals surface area contributed by atoms with Crippen molar-refractivity contribution in [2.45, 2.75) is 20.0 Å². The van der Waals surface area contributed by atoms with E-state index in [0.717, 1.165) is 6.07 Å². The number of rotatable bonds is 7. The third-order valence-corrected chi connectivity index (χ3v) is 2.80. The average molecular weight is 302 g/mol. The fourth-order valence-corrected chi connectivity index (χ4v) is 1.72. The number of hydrogen-bond acceptors (Lipinski definition) is 5. The fourth-order valence-electron chi connectivity index (χ4n) is 1.72. The maximum Gasteiger partial charge on any atom is 0.387 e. The summed E-state index contributed by atoms with van der Waals surface area (Å²) in [6.07, 6.45) is -0.0902. The van der Waals surface area contributed by atoms with E-state index in [-0.39, 0.29) is 29.3 Å². The summed E-state index contributed by atoms with van der Waals surface area (Å²) in [6.45, 7) is -1.48. The predicted octanol–water partition coefficient (Wildman–Crippen LogP) is 2.68. The molecule has 0 aliphatic rings. The molecule has 0 amide bonds. The number of benzene rings is 1. The zero-order chi connectivity index (χ0) is 16.0. The molecule has 21 heavy (non-hydrogen) atoms. The minimum atomic E-state index is -3.03. The van der Waals surface area contributed by atoms with Crippen molar-refractivity contribution in [2.75, 3.05) is 14.2 Å². The van der Waals surface area contributed by atoms with Crippen LogP contribution in [0.3, 0.4) is 0 Å². The van der Waals surface area contributed by atoms with Crippen molar-refractivity contribution < 1.29 is 32.6 Å². The Hall–Kier alpha value is -2.18. The summed E-state index contributed by atoms with van der Waals surface area (Å²) in [5.74, 6) is -1.66. The van der Waals surface area contributed by atoms with E-state index in [9.17, 15) is 18.4 Å². The van der Waals surface area contributed by atoms with Crippen LogP contribution in [0.25, 0.3) is 0 Å². The summed E-state index contributed by atoms with van der Waals surface area (Å²) in [5.41, 5.74) is 0.155. The summed E-state index contributed by atoms with van der Waals surface area (Å²) in [6, 6.07) is 3.94. The van der Waals surface area contributed by atoms with Crippen LogP contribution in [-0.4, -0.2) is 32.6 Å². The number of ether oxygens (including phenoxy) is 3. The molecule has 0 aliphatic heterocycles. The average Bonchev–Trinajstić information content (AvgIpc) is 2.45. The van der Waals surface area contributed by atoms with Gasteiger partial charge in [-0.2, -0.15) is 8.78 Å². The first-order chi connectivity index (χ1) is 9.88. The first-order valence-electron chi connectivity index (χ1n) is 6.13. The maximum absolute atomic E-state index is 12.3. The standard InChI is InChI=1S/C14H16F2O5/c1-8(13(18)20-3)6-10(17)9-4-5-11(19-2)12(7-9)21-14(15)16/h4-5,7-8,14H,6H2,1-3H3. The predicted molar refractivity (Wildman–Crippen MR) is 69.8 cm³/mol. The number of hydrogen-bond donors (Lipinski definition) is 0. The van der Waals surface area contributed by atoms with Crippen LogP contribution < -0.4 is 9.47 Å². The summed E-state index contributed by atoms with van der Waals surface area (Å²) < 4.78 is 38.3. The van der Waals surface area contributed by atoms with Crippen molar-refractivity contribution in [1.29, 1.82) is 0 Å². The van der Waals surface area contributed by atoms with E-state index in [1.54, 1.807) is 6.92 Å². The van der Waals surface area contributed by atoms with Gasteiger partial charge in [-0.15, -0.1) is 0 Å². The van der Waals surface area contributed by atoms with Crippen molar-refractivity contribution in [3.05, 3.63) is 23.8 Å². The molecular formula is C14H16F2O5. The minimum absolute atomic E-state index is 0.0902. The van der Waals surface area contributed by atoms with Gasteiger partial charge in [-0.05, 0) is 18.2 Å². The Morgan fingerprint density at radius 2 is 1.86 bits per heavy atom. The highest BCUT2D eigenvalue weighted by molar-refractivity contribution is 5.98. The third-order valence-electron chi connectivity index (χ3n) is 2.80. The lowest BCUT2D eigenvalue weighted by atomic mass is 9.99. The van der Waals surface area contributed by atoms with E-state index < -0.39 is 18.5 Å². The van der Waals surface area contributed by atoms with E-state index in [0.29, 0.717) is 0 Å². The Labute approximate surface area is 120 Å². The Morgan fingerprint density at radius 1 is 1.19 bits per heavy atom. The number of halogens is 2. The first kappa shape index (κ1) is 16.9. The molecule has 0 bridgehead atoms. The van der Waals surface area contributed by atoms with E-state index >= 15 is 0 Å². The third kappa shape index (κ3) is 4.70. The highest BCUT2D eigenvalue weighted by Gasteiger charge is 2.20. The Balaban J connectivity index is 2.92. The second kappa shape index (κ2) is 7.56. The Kier molecular flexibility index (Phi) is 6.08. The summed E-state index contributed by atoms with van der Waals surface area (Å²) >= 11 is 0. The molecule has 1 rings (SSSR count). The Morgan fingerprint density at radius 3 is 2.38 bits per heavy atom. The van der Waals surface area contributed by atoms with Crippen LogP contribution in [0.15, 0.2) is 18.2 Å². The van der Waals surface area contributed by atoms with Gasteiger partial charge in [0.25, 0.3) is 0 Å². The van der Waals surface area contributed by atoms with Gasteiger partial charge in [0.2, 0.25) is 0 Å². The van der Waals surface area contributed by atoms with E-state index in [2.05, 4.69) is 9.47 Å². The van der Waals surface area contributed by atoms with E-state index in [1.165, 1.54) is 26.4 Å². The van der Waals surface area contributed by atoms with Gasteiger partial charge in [0.05, 0.1) is 20.1 Å². The summed E-state index contributed by atoms with van der Waals surface area (Å²) in [5, 5.41) is 0. The molecule has 0 saturated carbocycles. The topological polar surface area (TPSA) is 61.8 Å². The number of carbonyl (C=O) groups is 2. The molecule has 5 nitrogen and oxygen atoms in total. The van der Waals surface area contributed by atoms with Gasteiger partial charge < -0.3 is 14.2 Å². The fraction of sp³-hybridized carbons (Fsp3) is 0.429. The molecule has 116 valence electrons. The van der Waals surface area contributed by atoms with Gasteiger partial charge in [-0.1, -0.05) is 6.92 Å². The molecular weight excluding hydrogens is 286 g/mol. The van der Waals surface area contributed by atoms with Crippen LogP contribution in [0, 0.1) is 5.92 Å². The van der Waals surface area contributed by atoms with Crippen molar-refractivity contribution in [2.24, 2.45) is 5.92 Å². The number of carbonyl (C=O) groups excluding carboxylic acids is 2. The zero-order valence-corrected chi connectivity index (χ0v) is 11.9. The van der Waals surface area contributed by atoms with Crippen LogP contribution in [0.1, 0.15) is 23.7 Å². The smallest absolute Gasteiger partial charge is 0.387 e. The summed E-state index contributed by atoms with van der Waals surface area (Å²) in [7, 11) is 2.53. The largest absolute Gasteiger partial charge is 0.493 e. The van der Waals surface area contributed by atoms with Crippen molar-refractivity contribution in [1.82, 2.24) is 0 Å². The molecule has 0 aromatic heterocycles. The monoisotopic (exact) mass is 302 g/mol. The molecule has 0 saturated heterocycles. The van der Waals surface area contributed by atoms with Gasteiger partial charge in [-0.3, -0.25) is 9.59 Å².